The van der Waals surface area contributed by atoms with Gasteiger partial charge in [0.1, 0.15) is 12.0 Å². The van der Waals surface area contributed by atoms with Crippen molar-refractivity contribution in [2.75, 3.05) is 5.32 Å². The second kappa shape index (κ2) is 6.19. The molecular weight excluding hydrogens is 298 g/mol. The van der Waals surface area contributed by atoms with Crippen molar-refractivity contribution >= 4 is 34.4 Å². The van der Waals surface area contributed by atoms with Gasteiger partial charge in [-0.1, -0.05) is 31.5 Å². The summed E-state index contributed by atoms with van der Waals surface area (Å²) in [5.41, 5.74) is -0.113. The Kier molecular flexibility index (Phi) is 4.57. The predicted molar refractivity (Wildman–Crippen MR) is 81.4 cm³/mol. The van der Waals surface area contributed by atoms with Gasteiger partial charge in [-0.15, -0.1) is 11.3 Å². The van der Waals surface area contributed by atoms with Crippen LogP contribution in [0, 0.1) is 16.0 Å². The minimum Gasteiger partial charge on any atom is -0.361 e. The highest BCUT2D eigenvalue weighted by molar-refractivity contribution is 7.10. The molecule has 7 heteroatoms. The highest BCUT2D eigenvalue weighted by Gasteiger charge is 2.19. The van der Waals surface area contributed by atoms with E-state index in [0.29, 0.717) is 11.7 Å². The monoisotopic (exact) mass is 311 g/mol. The van der Waals surface area contributed by atoms with Crippen molar-refractivity contribution in [3.8, 4) is 0 Å². The zero-order valence-electron chi connectivity index (χ0n) is 11.0. The molecule has 0 saturated heterocycles. The molecule has 2 rings (SSSR count). The molecule has 1 atom stereocenters. The van der Waals surface area contributed by atoms with Gasteiger partial charge in [0.25, 0.3) is 5.69 Å². The predicted octanol–water partition coefficient (Wildman–Crippen LogP) is 4.51. The quantitative estimate of drug-likeness (QED) is 0.651. The summed E-state index contributed by atoms with van der Waals surface area (Å²) in [4.78, 5) is 15.4. The van der Waals surface area contributed by atoms with Gasteiger partial charge in [0.05, 0.1) is 16.0 Å². The SMILES string of the molecule is CC(C)C(Nc1ncc([N+](=O)[O-])cc1Cl)c1cccs1. The Morgan fingerprint density at radius 1 is 1.50 bits per heavy atom. The van der Waals surface area contributed by atoms with E-state index in [1.165, 1.54) is 17.1 Å². The van der Waals surface area contributed by atoms with Gasteiger partial charge < -0.3 is 5.32 Å². The molecule has 2 heterocycles. The summed E-state index contributed by atoms with van der Waals surface area (Å²) >= 11 is 7.71. The van der Waals surface area contributed by atoms with E-state index in [1.807, 2.05) is 17.5 Å². The Labute approximate surface area is 125 Å². The highest BCUT2D eigenvalue weighted by Crippen LogP contribution is 2.32. The number of pyridine rings is 1. The number of thiophene rings is 1. The molecule has 0 aliphatic rings. The molecule has 0 amide bonds. The van der Waals surface area contributed by atoms with Crippen LogP contribution in [0.4, 0.5) is 11.5 Å². The first kappa shape index (κ1) is 14.7. The first-order chi connectivity index (χ1) is 9.49. The van der Waals surface area contributed by atoms with Crippen LogP contribution in [0.15, 0.2) is 29.8 Å². The largest absolute Gasteiger partial charge is 0.361 e. The lowest BCUT2D eigenvalue weighted by atomic mass is 10.0. The number of nitrogens with zero attached hydrogens (tertiary/aromatic N) is 2. The van der Waals surface area contributed by atoms with Gasteiger partial charge in [-0.3, -0.25) is 10.1 Å². The summed E-state index contributed by atoms with van der Waals surface area (Å²) in [6.07, 6.45) is 1.21. The molecule has 0 aliphatic heterocycles. The molecule has 0 bridgehead atoms. The van der Waals surface area contributed by atoms with Gasteiger partial charge in [-0.2, -0.15) is 0 Å². The summed E-state index contributed by atoms with van der Waals surface area (Å²) in [7, 11) is 0. The van der Waals surface area contributed by atoms with Gasteiger partial charge in [0.15, 0.2) is 0 Å². The van der Waals surface area contributed by atoms with Crippen molar-refractivity contribution in [2.24, 2.45) is 5.92 Å². The number of hydrogen-bond acceptors (Lipinski definition) is 5. The average molecular weight is 312 g/mol. The number of halogens is 1. The van der Waals surface area contributed by atoms with Crippen LogP contribution in [0.5, 0.6) is 0 Å². The summed E-state index contributed by atoms with van der Waals surface area (Å²) in [5, 5.41) is 16.2. The fraction of sp³-hybridized carbons (Fsp3) is 0.308. The second-order valence-corrected chi connectivity index (χ2v) is 6.05. The first-order valence-electron chi connectivity index (χ1n) is 6.09. The lowest BCUT2D eigenvalue weighted by molar-refractivity contribution is -0.385. The molecule has 5 nitrogen and oxygen atoms in total. The Balaban J connectivity index is 2.25. The molecule has 20 heavy (non-hydrogen) atoms. The lowest BCUT2D eigenvalue weighted by Gasteiger charge is -2.22. The minimum absolute atomic E-state index is 0.0708. The Morgan fingerprint density at radius 3 is 2.75 bits per heavy atom. The first-order valence-corrected chi connectivity index (χ1v) is 7.34. The maximum absolute atomic E-state index is 10.7. The second-order valence-electron chi connectivity index (χ2n) is 4.66. The van der Waals surface area contributed by atoms with Crippen LogP contribution in [0.25, 0.3) is 0 Å². The fourth-order valence-corrected chi connectivity index (χ4v) is 2.98. The van der Waals surface area contributed by atoms with E-state index in [-0.39, 0.29) is 16.8 Å². The van der Waals surface area contributed by atoms with Crippen molar-refractivity contribution < 1.29 is 4.92 Å². The number of aromatic nitrogens is 1. The third kappa shape index (κ3) is 3.26. The smallest absolute Gasteiger partial charge is 0.289 e. The Hall–Kier alpha value is -1.66. The van der Waals surface area contributed by atoms with E-state index in [1.54, 1.807) is 11.3 Å². The van der Waals surface area contributed by atoms with Crippen LogP contribution >= 0.6 is 22.9 Å². The van der Waals surface area contributed by atoms with E-state index in [4.69, 9.17) is 11.6 Å². The Morgan fingerprint density at radius 2 is 2.25 bits per heavy atom. The van der Waals surface area contributed by atoms with Crippen LogP contribution in [-0.2, 0) is 0 Å². The topological polar surface area (TPSA) is 68.1 Å². The van der Waals surface area contributed by atoms with Crippen molar-refractivity contribution in [3.05, 3.63) is 49.8 Å². The molecule has 0 spiro atoms. The zero-order valence-corrected chi connectivity index (χ0v) is 12.6. The van der Waals surface area contributed by atoms with Gasteiger partial charge in [0, 0.05) is 10.9 Å². The molecule has 0 aliphatic carbocycles. The number of nitrogens with one attached hydrogen (secondary N) is 1. The molecule has 0 saturated carbocycles. The number of rotatable bonds is 5. The summed E-state index contributed by atoms with van der Waals surface area (Å²) < 4.78 is 0. The van der Waals surface area contributed by atoms with Crippen molar-refractivity contribution in [3.63, 3.8) is 0 Å². The van der Waals surface area contributed by atoms with E-state index in [2.05, 4.69) is 24.1 Å². The number of hydrogen-bond donors (Lipinski definition) is 1. The lowest BCUT2D eigenvalue weighted by Crippen LogP contribution is -2.16. The molecule has 1 N–H and O–H groups in total. The molecule has 0 radical (unpaired) electrons. The molecule has 2 aromatic rings. The third-order valence-corrected chi connectivity index (χ3v) is 4.09. The zero-order chi connectivity index (χ0) is 14.7. The molecule has 2 aromatic heterocycles. The molecule has 0 fully saturated rings. The maximum Gasteiger partial charge on any atom is 0.289 e. The molecule has 106 valence electrons. The van der Waals surface area contributed by atoms with Crippen LogP contribution in [0.2, 0.25) is 5.02 Å². The van der Waals surface area contributed by atoms with Crippen LogP contribution in [0.3, 0.4) is 0 Å². The summed E-state index contributed by atoms with van der Waals surface area (Å²) in [6, 6.07) is 5.41. The van der Waals surface area contributed by atoms with E-state index < -0.39 is 4.92 Å². The summed E-state index contributed by atoms with van der Waals surface area (Å²) in [5.74, 6) is 0.797. The van der Waals surface area contributed by atoms with E-state index in [9.17, 15) is 10.1 Å². The molecule has 0 aromatic carbocycles. The maximum atomic E-state index is 10.7. The van der Waals surface area contributed by atoms with Gasteiger partial charge in [-0.05, 0) is 17.4 Å². The third-order valence-electron chi connectivity index (χ3n) is 2.85. The van der Waals surface area contributed by atoms with Crippen molar-refractivity contribution in [1.82, 2.24) is 4.98 Å². The summed E-state index contributed by atoms with van der Waals surface area (Å²) in [6.45, 7) is 4.19. The van der Waals surface area contributed by atoms with Crippen LogP contribution in [0.1, 0.15) is 24.8 Å². The molecule has 1 unspecified atom stereocenters. The van der Waals surface area contributed by atoms with Crippen LogP contribution < -0.4 is 5.32 Å². The fourth-order valence-electron chi connectivity index (χ4n) is 1.82. The Bertz CT molecular complexity index is 602. The van der Waals surface area contributed by atoms with Gasteiger partial charge in [0.2, 0.25) is 0 Å². The average Bonchev–Trinajstić information content (AvgIpc) is 2.90. The molecular formula is C13H14ClN3O2S. The standard InChI is InChI=1S/C13H14ClN3O2S/c1-8(2)12(11-4-3-5-20-11)16-13-10(14)6-9(7-15-13)17(18)19/h3-8,12H,1-2H3,(H,15,16). The van der Waals surface area contributed by atoms with Gasteiger partial charge in [-0.25, -0.2) is 4.98 Å². The van der Waals surface area contributed by atoms with Crippen molar-refractivity contribution in [2.45, 2.75) is 19.9 Å². The van der Waals surface area contributed by atoms with Crippen LogP contribution in [-0.4, -0.2) is 9.91 Å². The van der Waals surface area contributed by atoms with Crippen molar-refractivity contribution in [1.29, 1.82) is 0 Å². The highest BCUT2D eigenvalue weighted by atomic mass is 35.5. The normalized spacial score (nSPS) is 12.4. The number of nitro groups is 1. The number of anilines is 1. The van der Waals surface area contributed by atoms with E-state index >= 15 is 0 Å². The van der Waals surface area contributed by atoms with E-state index in [0.717, 1.165) is 0 Å². The minimum atomic E-state index is -0.512. The van der Waals surface area contributed by atoms with Gasteiger partial charge >= 0.3 is 0 Å².